The van der Waals surface area contributed by atoms with Crippen LogP contribution >= 0.6 is 0 Å². The zero-order valence-corrected chi connectivity index (χ0v) is 10.8. The van der Waals surface area contributed by atoms with Crippen LogP contribution in [-0.2, 0) is 24.9 Å². The van der Waals surface area contributed by atoms with Crippen LogP contribution in [0.15, 0.2) is 18.5 Å². The lowest BCUT2D eigenvalue weighted by molar-refractivity contribution is -0.122. The van der Waals surface area contributed by atoms with E-state index in [1.54, 1.807) is 15.6 Å². The molecular formula is C12H17N5O. The SMILES string of the molecule is Cc1cc(C)n(CC(=O)NCc2cnn(C)c2)n1. The van der Waals surface area contributed by atoms with Crippen molar-refractivity contribution in [3.63, 3.8) is 0 Å². The summed E-state index contributed by atoms with van der Waals surface area (Å²) in [5.41, 5.74) is 2.90. The van der Waals surface area contributed by atoms with E-state index in [2.05, 4.69) is 15.5 Å². The first kappa shape index (κ1) is 12.3. The molecule has 0 atom stereocenters. The molecule has 96 valence electrons. The van der Waals surface area contributed by atoms with E-state index in [0.717, 1.165) is 17.0 Å². The van der Waals surface area contributed by atoms with Gasteiger partial charge in [0.1, 0.15) is 6.54 Å². The number of aromatic nitrogens is 4. The average Bonchev–Trinajstić information content (AvgIpc) is 2.83. The van der Waals surface area contributed by atoms with E-state index in [9.17, 15) is 4.79 Å². The lowest BCUT2D eigenvalue weighted by atomic mass is 10.3. The van der Waals surface area contributed by atoms with Crippen LogP contribution in [0.25, 0.3) is 0 Å². The zero-order valence-electron chi connectivity index (χ0n) is 10.8. The number of nitrogens with one attached hydrogen (secondary N) is 1. The number of hydrogen-bond donors (Lipinski definition) is 1. The van der Waals surface area contributed by atoms with Gasteiger partial charge in [-0.3, -0.25) is 14.2 Å². The summed E-state index contributed by atoms with van der Waals surface area (Å²) in [4.78, 5) is 11.8. The van der Waals surface area contributed by atoms with Gasteiger partial charge in [-0.05, 0) is 19.9 Å². The van der Waals surface area contributed by atoms with Crippen LogP contribution in [-0.4, -0.2) is 25.5 Å². The minimum atomic E-state index is -0.0509. The number of hydrogen-bond acceptors (Lipinski definition) is 3. The topological polar surface area (TPSA) is 64.7 Å². The van der Waals surface area contributed by atoms with Crippen LogP contribution < -0.4 is 5.32 Å². The molecule has 0 bridgehead atoms. The average molecular weight is 247 g/mol. The van der Waals surface area contributed by atoms with Crippen LogP contribution in [0.3, 0.4) is 0 Å². The van der Waals surface area contributed by atoms with E-state index in [1.165, 1.54) is 0 Å². The predicted octanol–water partition coefficient (Wildman–Crippen LogP) is 0.550. The van der Waals surface area contributed by atoms with Crippen molar-refractivity contribution in [1.82, 2.24) is 24.9 Å². The lowest BCUT2D eigenvalue weighted by Crippen LogP contribution is -2.27. The Labute approximate surface area is 106 Å². The van der Waals surface area contributed by atoms with Crippen LogP contribution in [0, 0.1) is 13.8 Å². The molecule has 0 saturated carbocycles. The number of carbonyl (C=O) groups excluding carboxylic acids is 1. The van der Waals surface area contributed by atoms with Gasteiger partial charge in [0.15, 0.2) is 0 Å². The van der Waals surface area contributed by atoms with E-state index >= 15 is 0 Å². The van der Waals surface area contributed by atoms with Crippen molar-refractivity contribution >= 4 is 5.91 Å². The van der Waals surface area contributed by atoms with Gasteiger partial charge >= 0.3 is 0 Å². The molecule has 0 saturated heterocycles. The smallest absolute Gasteiger partial charge is 0.242 e. The molecule has 0 aliphatic rings. The molecular weight excluding hydrogens is 230 g/mol. The first-order valence-corrected chi connectivity index (χ1v) is 5.80. The Hall–Kier alpha value is -2.11. The molecule has 2 aromatic heterocycles. The molecule has 2 rings (SSSR count). The Morgan fingerprint density at radius 2 is 2.22 bits per heavy atom. The third-order valence-corrected chi connectivity index (χ3v) is 2.64. The van der Waals surface area contributed by atoms with Crippen molar-refractivity contribution in [3.8, 4) is 0 Å². The van der Waals surface area contributed by atoms with Crippen LogP contribution in [0.1, 0.15) is 17.0 Å². The summed E-state index contributed by atoms with van der Waals surface area (Å²) >= 11 is 0. The Morgan fingerprint density at radius 3 is 2.78 bits per heavy atom. The summed E-state index contributed by atoms with van der Waals surface area (Å²) in [5.74, 6) is -0.0509. The Morgan fingerprint density at radius 1 is 1.44 bits per heavy atom. The molecule has 0 fully saturated rings. The highest BCUT2D eigenvalue weighted by molar-refractivity contribution is 5.75. The maximum Gasteiger partial charge on any atom is 0.242 e. The number of carbonyl (C=O) groups is 1. The van der Waals surface area contributed by atoms with Crippen molar-refractivity contribution in [2.45, 2.75) is 26.9 Å². The Kier molecular flexibility index (Phi) is 3.45. The molecule has 0 aliphatic heterocycles. The molecule has 1 N–H and O–H groups in total. The number of nitrogens with zero attached hydrogens (tertiary/aromatic N) is 4. The highest BCUT2D eigenvalue weighted by Crippen LogP contribution is 2.01. The van der Waals surface area contributed by atoms with Crippen molar-refractivity contribution in [2.75, 3.05) is 0 Å². The predicted molar refractivity (Wildman–Crippen MR) is 66.8 cm³/mol. The fraction of sp³-hybridized carbons (Fsp3) is 0.417. The number of amides is 1. The molecule has 2 heterocycles. The quantitative estimate of drug-likeness (QED) is 0.858. The summed E-state index contributed by atoms with van der Waals surface area (Å²) in [5, 5.41) is 11.1. The minimum absolute atomic E-state index is 0.0509. The normalized spacial score (nSPS) is 10.6. The third kappa shape index (κ3) is 2.97. The van der Waals surface area contributed by atoms with E-state index in [1.807, 2.05) is 33.2 Å². The first-order valence-electron chi connectivity index (χ1n) is 5.80. The van der Waals surface area contributed by atoms with Gasteiger partial charge < -0.3 is 5.32 Å². The van der Waals surface area contributed by atoms with Gasteiger partial charge in [0.05, 0.1) is 11.9 Å². The third-order valence-electron chi connectivity index (χ3n) is 2.64. The summed E-state index contributed by atoms with van der Waals surface area (Å²) < 4.78 is 3.41. The molecule has 0 radical (unpaired) electrons. The highest BCUT2D eigenvalue weighted by atomic mass is 16.2. The second-order valence-corrected chi connectivity index (χ2v) is 4.38. The molecule has 0 unspecified atom stereocenters. The molecule has 6 heteroatoms. The zero-order chi connectivity index (χ0) is 13.1. The highest BCUT2D eigenvalue weighted by Gasteiger charge is 2.07. The molecule has 6 nitrogen and oxygen atoms in total. The lowest BCUT2D eigenvalue weighted by Gasteiger charge is -2.05. The fourth-order valence-corrected chi connectivity index (χ4v) is 1.79. The Balaban J connectivity index is 1.87. The molecule has 0 aromatic carbocycles. The van der Waals surface area contributed by atoms with Gasteiger partial charge in [0.2, 0.25) is 5.91 Å². The van der Waals surface area contributed by atoms with Gasteiger partial charge in [-0.2, -0.15) is 10.2 Å². The van der Waals surface area contributed by atoms with Gasteiger partial charge in [-0.1, -0.05) is 0 Å². The molecule has 0 spiro atoms. The summed E-state index contributed by atoms with van der Waals surface area (Å²) in [6.45, 7) is 4.59. The number of rotatable bonds is 4. The largest absolute Gasteiger partial charge is 0.350 e. The molecule has 0 aliphatic carbocycles. The van der Waals surface area contributed by atoms with Crippen LogP contribution in [0.5, 0.6) is 0 Å². The molecule has 18 heavy (non-hydrogen) atoms. The molecule has 2 aromatic rings. The second-order valence-electron chi connectivity index (χ2n) is 4.38. The minimum Gasteiger partial charge on any atom is -0.350 e. The van der Waals surface area contributed by atoms with E-state index < -0.39 is 0 Å². The number of aryl methyl sites for hydroxylation is 3. The summed E-state index contributed by atoms with van der Waals surface area (Å²) in [6.07, 6.45) is 3.62. The second kappa shape index (κ2) is 5.03. The van der Waals surface area contributed by atoms with Gasteiger partial charge in [-0.25, -0.2) is 0 Å². The van der Waals surface area contributed by atoms with Gasteiger partial charge in [-0.15, -0.1) is 0 Å². The van der Waals surface area contributed by atoms with Gasteiger partial charge in [0.25, 0.3) is 0 Å². The van der Waals surface area contributed by atoms with E-state index in [0.29, 0.717) is 6.54 Å². The summed E-state index contributed by atoms with van der Waals surface area (Å²) in [7, 11) is 1.85. The molecule has 1 amide bonds. The van der Waals surface area contributed by atoms with Crippen molar-refractivity contribution in [1.29, 1.82) is 0 Å². The van der Waals surface area contributed by atoms with E-state index in [-0.39, 0.29) is 12.5 Å². The maximum atomic E-state index is 11.8. The standard InChI is InChI=1S/C12H17N5O/c1-9-4-10(2)17(15-9)8-12(18)13-5-11-6-14-16(3)7-11/h4,6-7H,5,8H2,1-3H3,(H,13,18). The monoisotopic (exact) mass is 247 g/mol. The summed E-state index contributed by atoms with van der Waals surface area (Å²) in [6, 6.07) is 1.95. The van der Waals surface area contributed by atoms with Crippen molar-refractivity contribution < 1.29 is 4.79 Å². The van der Waals surface area contributed by atoms with E-state index in [4.69, 9.17) is 0 Å². The first-order chi connectivity index (χ1) is 8.54. The van der Waals surface area contributed by atoms with Crippen LogP contribution in [0.2, 0.25) is 0 Å². The maximum absolute atomic E-state index is 11.8. The van der Waals surface area contributed by atoms with Crippen molar-refractivity contribution in [2.24, 2.45) is 7.05 Å². The fourth-order valence-electron chi connectivity index (χ4n) is 1.79. The Bertz CT molecular complexity index is 555. The van der Waals surface area contributed by atoms with Crippen molar-refractivity contribution in [3.05, 3.63) is 35.4 Å². The van der Waals surface area contributed by atoms with Crippen LogP contribution in [0.4, 0.5) is 0 Å². The van der Waals surface area contributed by atoms with Gasteiger partial charge in [0, 0.05) is 31.0 Å².